The number of para-hydroxylation sites is 2. The van der Waals surface area contributed by atoms with E-state index >= 15 is 0 Å². The van der Waals surface area contributed by atoms with E-state index in [0.29, 0.717) is 11.4 Å². The van der Waals surface area contributed by atoms with Crippen molar-refractivity contribution in [3.8, 4) is 0 Å². The van der Waals surface area contributed by atoms with Gasteiger partial charge in [-0.25, -0.2) is 13.2 Å². The Labute approximate surface area is 100 Å². The number of sulfonamides is 1. The number of carbonyl (C=O) groups excluding carboxylic acids is 1. The van der Waals surface area contributed by atoms with Crippen LogP contribution in [0.5, 0.6) is 0 Å². The van der Waals surface area contributed by atoms with Crippen molar-refractivity contribution >= 4 is 27.5 Å². The van der Waals surface area contributed by atoms with E-state index in [9.17, 15) is 13.2 Å². The van der Waals surface area contributed by atoms with Crippen molar-refractivity contribution in [3.63, 3.8) is 0 Å². The molecule has 7 heteroatoms. The van der Waals surface area contributed by atoms with Crippen molar-refractivity contribution in [1.82, 2.24) is 0 Å². The predicted molar refractivity (Wildman–Crippen MR) is 65.6 cm³/mol. The Bertz CT molecular complexity index is 499. The maximum Gasteiger partial charge on any atom is 0.411 e. The molecule has 0 unspecified atom stereocenters. The Morgan fingerprint density at radius 3 is 2.41 bits per heavy atom. The van der Waals surface area contributed by atoms with Crippen LogP contribution in [0.15, 0.2) is 24.3 Å². The van der Waals surface area contributed by atoms with Gasteiger partial charge in [0, 0.05) is 0 Å². The third-order valence-electron chi connectivity index (χ3n) is 1.73. The van der Waals surface area contributed by atoms with Crippen molar-refractivity contribution in [1.29, 1.82) is 0 Å². The first-order valence-corrected chi connectivity index (χ1v) is 6.82. The van der Waals surface area contributed by atoms with Crippen molar-refractivity contribution in [3.05, 3.63) is 24.3 Å². The van der Waals surface area contributed by atoms with Crippen molar-refractivity contribution < 1.29 is 17.9 Å². The summed E-state index contributed by atoms with van der Waals surface area (Å²) in [5, 5.41) is 2.45. The van der Waals surface area contributed by atoms with Crippen LogP contribution in [0.25, 0.3) is 0 Å². The molecule has 0 spiro atoms. The average molecular weight is 258 g/mol. The minimum atomic E-state index is -3.39. The van der Waals surface area contributed by atoms with Gasteiger partial charge in [0.1, 0.15) is 0 Å². The van der Waals surface area contributed by atoms with Gasteiger partial charge in [-0.1, -0.05) is 12.1 Å². The molecule has 2 N–H and O–H groups in total. The summed E-state index contributed by atoms with van der Waals surface area (Å²) < 4.78 is 29.2. The summed E-state index contributed by atoms with van der Waals surface area (Å²) >= 11 is 0. The third kappa shape index (κ3) is 4.73. The van der Waals surface area contributed by atoms with Crippen LogP contribution >= 0.6 is 0 Å². The smallest absolute Gasteiger partial charge is 0.411 e. The van der Waals surface area contributed by atoms with E-state index in [1.807, 2.05) is 0 Å². The number of rotatable bonds is 4. The molecule has 0 saturated heterocycles. The molecule has 1 aromatic carbocycles. The number of anilines is 2. The van der Waals surface area contributed by atoms with Crippen LogP contribution in [0, 0.1) is 0 Å². The summed E-state index contributed by atoms with van der Waals surface area (Å²) in [5.41, 5.74) is 0.638. The Morgan fingerprint density at radius 1 is 1.29 bits per heavy atom. The molecule has 0 atom stereocenters. The van der Waals surface area contributed by atoms with Crippen LogP contribution in [0.4, 0.5) is 16.2 Å². The molecule has 94 valence electrons. The van der Waals surface area contributed by atoms with Crippen LogP contribution < -0.4 is 10.0 Å². The van der Waals surface area contributed by atoms with Crippen LogP contribution in [0.1, 0.15) is 6.92 Å². The van der Waals surface area contributed by atoms with Crippen LogP contribution in [0.3, 0.4) is 0 Å². The Hall–Kier alpha value is -1.76. The largest absolute Gasteiger partial charge is 0.450 e. The molecule has 6 nitrogen and oxygen atoms in total. The van der Waals surface area contributed by atoms with Gasteiger partial charge in [0.25, 0.3) is 0 Å². The summed E-state index contributed by atoms with van der Waals surface area (Å²) in [6, 6.07) is 6.45. The van der Waals surface area contributed by atoms with E-state index in [1.165, 1.54) is 0 Å². The highest BCUT2D eigenvalue weighted by Gasteiger charge is 2.09. The van der Waals surface area contributed by atoms with E-state index in [4.69, 9.17) is 4.74 Å². The normalized spacial score (nSPS) is 10.7. The SMILES string of the molecule is CCOC(=O)Nc1ccccc1NS(C)(=O)=O. The van der Waals surface area contributed by atoms with Gasteiger partial charge in [0.15, 0.2) is 0 Å². The highest BCUT2D eigenvalue weighted by Crippen LogP contribution is 2.21. The first-order chi connectivity index (χ1) is 7.92. The van der Waals surface area contributed by atoms with Gasteiger partial charge in [-0.15, -0.1) is 0 Å². The van der Waals surface area contributed by atoms with Gasteiger partial charge in [0.05, 0.1) is 24.2 Å². The molecule has 0 radical (unpaired) electrons. The number of hydrogen-bond acceptors (Lipinski definition) is 4. The molecule has 17 heavy (non-hydrogen) atoms. The molecular weight excluding hydrogens is 244 g/mol. The highest BCUT2D eigenvalue weighted by molar-refractivity contribution is 7.92. The minimum absolute atomic E-state index is 0.244. The summed E-state index contributed by atoms with van der Waals surface area (Å²) in [7, 11) is -3.39. The Kier molecular flexibility index (Phi) is 4.33. The van der Waals surface area contributed by atoms with Gasteiger partial charge in [0.2, 0.25) is 10.0 Å². The number of ether oxygens (including phenoxy) is 1. The number of hydrogen-bond donors (Lipinski definition) is 2. The molecule has 1 rings (SSSR count). The third-order valence-corrected chi connectivity index (χ3v) is 2.33. The summed E-state index contributed by atoms with van der Waals surface area (Å²) in [4.78, 5) is 11.2. The van der Waals surface area contributed by atoms with Crippen LogP contribution in [0.2, 0.25) is 0 Å². The van der Waals surface area contributed by atoms with Crippen molar-refractivity contribution in [2.45, 2.75) is 6.92 Å². The molecule has 0 aliphatic carbocycles. The second kappa shape index (κ2) is 5.53. The maximum atomic E-state index is 11.2. The zero-order valence-electron chi connectivity index (χ0n) is 9.56. The quantitative estimate of drug-likeness (QED) is 0.859. The second-order valence-electron chi connectivity index (χ2n) is 3.27. The fourth-order valence-electron chi connectivity index (χ4n) is 1.16. The monoisotopic (exact) mass is 258 g/mol. The molecular formula is C10H14N2O4S. The topological polar surface area (TPSA) is 84.5 Å². The maximum absolute atomic E-state index is 11.2. The van der Waals surface area contributed by atoms with Crippen LogP contribution in [-0.2, 0) is 14.8 Å². The zero-order chi connectivity index (χ0) is 12.9. The molecule has 0 heterocycles. The lowest BCUT2D eigenvalue weighted by Crippen LogP contribution is -2.16. The standard InChI is InChI=1S/C10H14N2O4S/c1-3-16-10(13)11-8-6-4-5-7-9(8)12-17(2,14)15/h4-7,12H,3H2,1-2H3,(H,11,13). The Morgan fingerprint density at radius 2 is 1.88 bits per heavy atom. The predicted octanol–water partition coefficient (Wildman–Crippen LogP) is 1.63. The number of benzene rings is 1. The molecule has 1 aromatic rings. The Balaban J connectivity index is 2.88. The first-order valence-electron chi connectivity index (χ1n) is 4.93. The molecule has 0 fully saturated rings. The molecule has 0 aromatic heterocycles. The zero-order valence-corrected chi connectivity index (χ0v) is 10.4. The van der Waals surface area contributed by atoms with Crippen molar-refractivity contribution in [2.24, 2.45) is 0 Å². The van der Waals surface area contributed by atoms with E-state index in [0.717, 1.165) is 6.26 Å². The molecule has 0 bridgehead atoms. The fourth-order valence-corrected chi connectivity index (χ4v) is 1.74. The van der Waals surface area contributed by atoms with Crippen LogP contribution in [-0.4, -0.2) is 27.4 Å². The lowest BCUT2D eigenvalue weighted by atomic mass is 10.3. The lowest BCUT2D eigenvalue weighted by molar-refractivity contribution is 0.168. The number of amides is 1. The van der Waals surface area contributed by atoms with Gasteiger partial charge in [-0.05, 0) is 19.1 Å². The number of nitrogens with one attached hydrogen (secondary N) is 2. The first kappa shape index (κ1) is 13.3. The fraction of sp³-hybridized carbons (Fsp3) is 0.300. The molecule has 0 aliphatic rings. The van der Waals surface area contributed by atoms with E-state index in [2.05, 4.69) is 10.0 Å². The van der Waals surface area contributed by atoms with E-state index < -0.39 is 16.1 Å². The van der Waals surface area contributed by atoms with Crippen molar-refractivity contribution in [2.75, 3.05) is 22.9 Å². The molecule has 0 aliphatic heterocycles. The summed E-state index contributed by atoms with van der Waals surface area (Å²) in [5.74, 6) is 0. The average Bonchev–Trinajstić information content (AvgIpc) is 2.19. The van der Waals surface area contributed by atoms with Gasteiger partial charge in [-0.3, -0.25) is 10.0 Å². The number of carbonyl (C=O) groups is 1. The highest BCUT2D eigenvalue weighted by atomic mass is 32.2. The lowest BCUT2D eigenvalue weighted by Gasteiger charge is -2.11. The molecule has 0 saturated carbocycles. The summed E-state index contributed by atoms with van der Waals surface area (Å²) in [6.45, 7) is 1.92. The minimum Gasteiger partial charge on any atom is -0.450 e. The van der Waals surface area contributed by atoms with Gasteiger partial charge in [-0.2, -0.15) is 0 Å². The second-order valence-corrected chi connectivity index (χ2v) is 5.01. The van der Waals surface area contributed by atoms with Gasteiger partial charge < -0.3 is 4.74 Å². The summed E-state index contributed by atoms with van der Waals surface area (Å²) in [6.07, 6.45) is 0.406. The van der Waals surface area contributed by atoms with E-state index in [-0.39, 0.29) is 6.61 Å². The van der Waals surface area contributed by atoms with E-state index in [1.54, 1.807) is 31.2 Å². The van der Waals surface area contributed by atoms with Gasteiger partial charge >= 0.3 is 6.09 Å². The molecule has 1 amide bonds.